The molecule has 5 rings (SSSR count). The minimum absolute atomic E-state index is 0.0704. The van der Waals surface area contributed by atoms with E-state index < -0.39 is 5.97 Å². The summed E-state index contributed by atoms with van der Waals surface area (Å²) in [5.74, 6) is -0.281. The van der Waals surface area contributed by atoms with E-state index in [9.17, 15) is 9.90 Å². The predicted molar refractivity (Wildman–Crippen MR) is 146 cm³/mol. The van der Waals surface area contributed by atoms with Crippen LogP contribution in [0.5, 0.6) is 5.75 Å². The molecule has 0 bridgehead atoms. The lowest BCUT2D eigenvalue weighted by atomic mass is 10.0. The maximum atomic E-state index is 11.6. The first-order chi connectivity index (χ1) is 17.9. The largest absolute Gasteiger partial charge is 0.488 e. The maximum Gasteiger partial charge on any atom is 0.308 e. The minimum atomic E-state index is -0.731. The highest BCUT2D eigenvalue weighted by Crippen LogP contribution is 2.37. The number of hydrogen-bond donors (Lipinski definition) is 1. The van der Waals surface area contributed by atoms with Gasteiger partial charge in [-0.25, -0.2) is 4.98 Å². The average molecular weight is 522 g/mol. The summed E-state index contributed by atoms with van der Waals surface area (Å²) in [4.78, 5) is 21.0. The fourth-order valence-corrected chi connectivity index (χ4v) is 6.16. The molecule has 0 spiro atoms. The summed E-state index contributed by atoms with van der Waals surface area (Å²) in [5, 5.41) is 12.4. The second-order valence-electron chi connectivity index (χ2n) is 10.1. The Labute approximate surface area is 222 Å². The quantitative estimate of drug-likeness (QED) is 0.440. The Kier molecular flexibility index (Phi) is 7.79. The number of ether oxygens (including phenoxy) is 2. The molecule has 2 atom stereocenters. The fraction of sp³-hybridized carbons (Fsp3) is 0.448. The predicted octanol–water partition coefficient (Wildman–Crippen LogP) is 5.14. The SMILES string of the molecule is Cc1ccc(OCc2ccc(CN3CCOCC3)cc2C)c(-c2csc(N3CC[C@@H](C(=O)O)[C@H]3C)n2)c1. The normalized spacial score (nSPS) is 20.4. The first-order valence-corrected chi connectivity index (χ1v) is 13.8. The zero-order chi connectivity index (χ0) is 25.9. The van der Waals surface area contributed by atoms with Gasteiger partial charge in [-0.05, 0) is 56.0 Å². The van der Waals surface area contributed by atoms with E-state index in [1.807, 2.05) is 18.4 Å². The Morgan fingerprint density at radius 3 is 2.70 bits per heavy atom. The maximum absolute atomic E-state index is 11.6. The third kappa shape index (κ3) is 5.81. The van der Waals surface area contributed by atoms with Gasteiger partial charge in [-0.3, -0.25) is 9.69 Å². The molecule has 2 aromatic carbocycles. The molecule has 8 heteroatoms. The number of aromatic nitrogens is 1. The van der Waals surface area contributed by atoms with Gasteiger partial charge in [0.05, 0.1) is 24.8 Å². The van der Waals surface area contributed by atoms with E-state index in [0.29, 0.717) is 19.6 Å². The van der Waals surface area contributed by atoms with Crippen LogP contribution in [0.15, 0.2) is 41.8 Å². The van der Waals surface area contributed by atoms with Crippen molar-refractivity contribution in [3.8, 4) is 17.0 Å². The van der Waals surface area contributed by atoms with Gasteiger partial charge in [0.25, 0.3) is 0 Å². The van der Waals surface area contributed by atoms with E-state index in [4.69, 9.17) is 14.5 Å². The lowest BCUT2D eigenvalue weighted by Gasteiger charge is -2.26. The number of rotatable bonds is 8. The number of hydrogen-bond acceptors (Lipinski definition) is 7. The molecule has 2 aliphatic rings. The fourth-order valence-electron chi connectivity index (χ4n) is 5.22. The number of aliphatic carboxylic acids is 1. The van der Waals surface area contributed by atoms with Crippen LogP contribution in [-0.4, -0.2) is 59.8 Å². The van der Waals surface area contributed by atoms with Crippen LogP contribution < -0.4 is 9.64 Å². The molecular formula is C29H35N3O4S. The van der Waals surface area contributed by atoms with Gasteiger partial charge in [0.1, 0.15) is 12.4 Å². The van der Waals surface area contributed by atoms with Crippen molar-refractivity contribution in [2.75, 3.05) is 37.7 Å². The molecule has 2 saturated heterocycles. The summed E-state index contributed by atoms with van der Waals surface area (Å²) in [7, 11) is 0. The van der Waals surface area contributed by atoms with E-state index in [2.05, 4.69) is 54.0 Å². The number of benzene rings is 2. The summed E-state index contributed by atoms with van der Waals surface area (Å²) >= 11 is 1.56. The molecular weight excluding hydrogens is 486 g/mol. The molecule has 196 valence electrons. The summed E-state index contributed by atoms with van der Waals surface area (Å²) in [6.07, 6.45) is 0.648. The third-order valence-electron chi connectivity index (χ3n) is 7.52. The van der Waals surface area contributed by atoms with Crippen molar-refractivity contribution in [1.82, 2.24) is 9.88 Å². The monoisotopic (exact) mass is 521 g/mol. The topological polar surface area (TPSA) is 75.1 Å². The van der Waals surface area contributed by atoms with E-state index in [1.54, 1.807) is 11.3 Å². The van der Waals surface area contributed by atoms with Crippen molar-refractivity contribution in [1.29, 1.82) is 0 Å². The lowest BCUT2D eigenvalue weighted by molar-refractivity contribution is -0.141. The molecule has 0 amide bonds. The highest BCUT2D eigenvalue weighted by Gasteiger charge is 2.37. The molecule has 3 aromatic rings. The molecule has 0 radical (unpaired) electrons. The van der Waals surface area contributed by atoms with E-state index in [1.165, 1.54) is 16.7 Å². The Balaban J connectivity index is 1.29. The van der Waals surface area contributed by atoms with Crippen LogP contribution in [0.4, 0.5) is 5.13 Å². The highest BCUT2D eigenvalue weighted by atomic mass is 32.1. The van der Waals surface area contributed by atoms with Crippen molar-refractivity contribution < 1.29 is 19.4 Å². The smallest absolute Gasteiger partial charge is 0.308 e. The number of carboxylic acids is 1. The second kappa shape index (κ2) is 11.2. The molecule has 0 unspecified atom stereocenters. The highest BCUT2D eigenvalue weighted by molar-refractivity contribution is 7.14. The van der Waals surface area contributed by atoms with E-state index >= 15 is 0 Å². The zero-order valence-electron chi connectivity index (χ0n) is 21.8. The van der Waals surface area contributed by atoms with Crippen molar-refractivity contribution in [3.05, 3.63) is 64.0 Å². The van der Waals surface area contributed by atoms with Crippen molar-refractivity contribution in [2.24, 2.45) is 5.92 Å². The number of anilines is 1. The van der Waals surface area contributed by atoms with Crippen LogP contribution in [0.3, 0.4) is 0 Å². The number of carboxylic acid groups (broad SMARTS) is 1. The first-order valence-electron chi connectivity index (χ1n) is 13.0. The Hall–Kier alpha value is -2.94. The van der Waals surface area contributed by atoms with Gasteiger partial charge in [-0.1, -0.05) is 29.8 Å². The zero-order valence-corrected chi connectivity index (χ0v) is 22.6. The van der Waals surface area contributed by atoms with Crippen molar-refractivity contribution in [2.45, 2.75) is 46.4 Å². The molecule has 0 aliphatic carbocycles. The Morgan fingerprint density at radius 2 is 1.97 bits per heavy atom. The molecule has 7 nitrogen and oxygen atoms in total. The van der Waals surface area contributed by atoms with Crippen LogP contribution in [-0.2, 0) is 22.7 Å². The summed E-state index contributed by atoms with van der Waals surface area (Å²) < 4.78 is 11.8. The minimum Gasteiger partial charge on any atom is -0.488 e. The van der Waals surface area contributed by atoms with Crippen LogP contribution in [0.2, 0.25) is 0 Å². The summed E-state index contributed by atoms with van der Waals surface area (Å²) in [6.45, 7) is 11.9. The standard InChI is InChI=1S/C29H35N3O4S/c1-19-4-7-27(36-17-23-6-5-22(15-20(23)2)16-31-10-12-35-13-11-31)25(14-19)26-18-37-29(30-26)32-9-8-24(21(32)3)28(33)34/h4-7,14-15,18,21,24H,8-13,16-17H2,1-3H3,(H,33,34)/t21-,24-/m1/s1. The molecule has 37 heavy (non-hydrogen) atoms. The van der Waals surface area contributed by atoms with Gasteiger partial charge >= 0.3 is 5.97 Å². The molecule has 2 aliphatic heterocycles. The number of nitrogens with zero attached hydrogens (tertiary/aromatic N) is 3. The Bertz CT molecular complexity index is 1250. The number of aryl methyl sites for hydroxylation is 2. The molecule has 3 heterocycles. The molecule has 0 saturated carbocycles. The van der Waals surface area contributed by atoms with E-state index in [0.717, 1.165) is 60.5 Å². The molecule has 2 fully saturated rings. The third-order valence-corrected chi connectivity index (χ3v) is 8.40. The van der Waals surface area contributed by atoms with Crippen molar-refractivity contribution in [3.63, 3.8) is 0 Å². The van der Waals surface area contributed by atoms with Crippen LogP contribution in [0.25, 0.3) is 11.3 Å². The van der Waals surface area contributed by atoms with Crippen LogP contribution in [0.1, 0.15) is 35.6 Å². The van der Waals surface area contributed by atoms with Crippen LogP contribution >= 0.6 is 11.3 Å². The van der Waals surface area contributed by atoms with Gasteiger partial charge in [0.15, 0.2) is 5.13 Å². The van der Waals surface area contributed by atoms with Gasteiger partial charge in [0, 0.05) is 43.2 Å². The summed E-state index contributed by atoms with van der Waals surface area (Å²) in [6, 6.07) is 12.8. The lowest BCUT2D eigenvalue weighted by Crippen LogP contribution is -2.35. The van der Waals surface area contributed by atoms with Gasteiger partial charge in [-0.2, -0.15) is 0 Å². The van der Waals surface area contributed by atoms with Crippen molar-refractivity contribution >= 4 is 22.4 Å². The first kappa shape index (κ1) is 25.7. The van der Waals surface area contributed by atoms with Gasteiger partial charge < -0.3 is 19.5 Å². The number of carbonyl (C=O) groups is 1. The number of thiazole rings is 1. The van der Waals surface area contributed by atoms with Crippen LogP contribution in [0, 0.1) is 19.8 Å². The van der Waals surface area contributed by atoms with Gasteiger partial charge in [-0.15, -0.1) is 11.3 Å². The summed E-state index contributed by atoms with van der Waals surface area (Å²) in [5.41, 5.74) is 6.68. The van der Waals surface area contributed by atoms with E-state index in [-0.39, 0.29) is 12.0 Å². The number of morpholine rings is 1. The second-order valence-corrected chi connectivity index (χ2v) is 11.0. The Morgan fingerprint density at radius 1 is 1.16 bits per heavy atom. The van der Waals surface area contributed by atoms with Gasteiger partial charge in [0.2, 0.25) is 0 Å². The molecule has 1 N–H and O–H groups in total. The average Bonchev–Trinajstić information content (AvgIpc) is 3.51. The molecule has 1 aromatic heterocycles.